The number of ketones is 1. The highest BCUT2D eigenvalue weighted by molar-refractivity contribution is 5.98. The Bertz CT molecular complexity index is 840. The molecule has 0 spiro atoms. The monoisotopic (exact) mass is 347 g/mol. The van der Waals surface area contributed by atoms with Gasteiger partial charge in [0.2, 0.25) is 5.91 Å². The van der Waals surface area contributed by atoms with Crippen molar-refractivity contribution in [3.05, 3.63) is 70.3 Å². The van der Waals surface area contributed by atoms with Crippen LogP contribution in [0.4, 0.5) is 0 Å². The van der Waals surface area contributed by atoms with Gasteiger partial charge in [0.15, 0.2) is 5.78 Å². The highest BCUT2D eigenvalue weighted by Gasteiger charge is 2.21. The summed E-state index contributed by atoms with van der Waals surface area (Å²) in [5, 5.41) is 0. The molecule has 0 saturated carbocycles. The molecule has 26 heavy (non-hydrogen) atoms. The number of amides is 1. The zero-order valence-electron chi connectivity index (χ0n) is 15.2. The number of carbonyl (C=O) groups is 2. The highest BCUT2D eigenvalue weighted by atomic mass is 16.2. The number of aryl methyl sites for hydroxylation is 2. The molecule has 4 rings (SSSR count). The predicted molar refractivity (Wildman–Crippen MR) is 102 cm³/mol. The summed E-state index contributed by atoms with van der Waals surface area (Å²) in [4.78, 5) is 27.0. The zero-order valence-corrected chi connectivity index (χ0v) is 15.2. The van der Waals surface area contributed by atoms with Crippen molar-refractivity contribution in [2.45, 2.75) is 51.5 Å². The first kappa shape index (κ1) is 17.0. The van der Waals surface area contributed by atoms with Crippen LogP contribution < -0.4 is 0 Å². The van der Waals surface area contributed by atoms with Crippen molar-refractivity contribution < 1.29 is 9.59 Å². The van der Waals surface area contributed by atoms with Gasteiger partial charge in [0.1, 0.15) is 0 Å². The fourth-order valence-corrected chi connectivity index (χ4v) is 4.14. The van der Waals surface area contributed by atoms with Crippen molar-refractivity contribution in [2.75, 3.05) is 6.54 Å². The van der Waals surface area contributed by atoms with E-state index in [2.05, 4.69) is 24.3 Å². The molecule has 3 heteroatoms. The van der Waals surface area contributed by atoms with E-state index in [1.165, 1.54) is 35.1 Å². The van der Waals surface area contributed by atoms with Gasteiger partial charge in [-0.1, -0.05) is 36.4 Å². The minimum absolute atomic E-state index is 0.0872. The molecule has 1 aliphatic heterocycles. The summed E-state index contributed by atoms with van der Waals surface area (Å²) >= 11 is 0. The first-order valence-corrected chi connectivity index (χ1v) is 9.70. The van der Waals surface area contributed by atoms with Crippen LogP contribution in [0.5, 0.6) is 0 Å². The molecule has 0 aromatic heterocycles. The average Bonchev–Trinajstić information content (AvgIpc) is 2.71. The molecule has 2 aromatic carbocycles. The first-order valence-electron chi connectivity index (χ1n) is 9.70. The Morgan fingerprint density at radius 1 is 0.808 bits per heavy atom. The van der Waals surface area contributed by atoms with E-state index in [-0.39, 0.29) is 11.7 Å². The van der Waals surface area contributed by atoms with Crippen LogP contribution in [-0.4, -0.2) is 23.1 Å². The number of nitrogens with zero attached hydrogens (tertiary/aromatic N) is 1. The molecule has 1 heterocycles. The number of fused-ring (bicyclic) bond motifs is 2. The molecule has 2 aliphatic rings. The molecule has 0 radical (unpaired) electrons. The fourth-order valence-electron chi connectivity index (χ4n) is 4.14. The lowest BCUT2D eigenvalue weighted by atomic mass is 9.89. The Morgan fingerprint density at radius 2 is 1.54 bits per heavy atom. The Balaban J connectivity index is 1.35. The number of hydrogen-bond acceptors (Lipinski definition) is 2. The van der Waals surface area contributed by atoms with E-state index in [1.807, 2.05) is 23.1 Å². The molecular weight excluding hydrogens is 322 g/mol. The minimum atomic E-state index is 0.0872. The number of hydrogen-bond donors (Lipinski definition) is 0. The van der Waals surface area contributed by atoms with Gasteiger partial charge in [-0.15, -0.1) is 0 Å². The van der Waals surface area contributed by atoms with E-state index in [9.17, 15) is 9.59 Å². The molecule has 0 bridgehead atoms. The Morgan fingerprint density at radius 3 is 2.38 bits per heavy atom. The first-order chi connectivity index (χ1) is 12.7. The molecule has 1 aliphatic carbocycles. The van der Waals surface area contributed by atoms with E-state index in [0.717, 1.165) is 31.4 Å². The van der Waals surface area contributed by atoms with Crippen molar-refractivity contribution in [2.24, 2.45) is 0 Å². The van der Waals surface area contributed by atoms with Crippen molar-refractivity contribution >= 4 is 11.7 Å². The van der Waals surface area contributed by atoms with Crippen molar-refractivity contribution in [1.29, 1.82) is 0 Å². The van der Waals surface area contributed by atoms with E-state index in [0.29, 0.717) is 19.4 Å². The van der Waals surface area contributed by atoms with Gasteiger partial charge in [-0.25, -0.2) is 0 Å². The lowest BCUT2D eigenvalue weighted by Crippen LogP contribution is -2.36. The fraction of sp³-hybridized carbons (Fsp3) is 0.391. The summed E-state index contributed by atoms with van der Waals surface area (Å²) in [7, 11) is 0. The molecular formula is C23H25NO2. The third kappa shape index (κ3) is 3.57. The second-order valence-corrected chi connectivity index (χ2v) is 7.45. The van der Waals surface area contributed by atoms with Crippen LogP contribution in [0.2, 0.25) is 0 Å². The maximum absolute atomic E-state index is 12.6. The molecule has 0 N–H and O–H groups in total. The standard InChI is InChI=1S/C23H25NO2/c25-22(20-10-9-17-5-1-3-7-19(17)15-20)11-12-23(26)24-14-13-18-6-2-4-8-21(18)16-24/h2,4,6,8-10,15H,1,3,5,7,11-14,16H2. The average molecular weight is 347 g/mol. The topological polar surface area (TPSA) is 37.4 Å². The Kier molecular flexibility index (Phi) is 4.87. The number of benzene rings is 2. The van der Waals surface area contributed by atoms with E-state index in [4.69, 9.17) is 0 Å². The van der Waals surface area contributed by atoms with Crippen LogP contribution in [0.1, 0.15) is 58.3 Å². The molecule has 1 amide bonds. The molecule has 0 saturated heterocycles. The van der Waals surface area contributed by atoms with Gasteiger partial charge >= 0.3 is 0 Å². The minimum Gasteiger partial charge on any atom is -0.338 e. The third-order valence-electron chi connectivity index (χ3n) is 5.72. The second kappa shape index (κ2) is 7.45. The van der Waals surface area contributed by atoms with Crippen LogP contribution in [0.3, 0.4) is 0 Å². The lowest BCUT2D eigenvalue weighted by Gasteiger charge is -2.28. The Hall–Kier alpha value is -2.42. The summed E-state index contributed by atoms with van der Waals surface area (Å²) in [5.74, 6) is 0.176. The predicted octanol–water partition coefficient (Wildman–Crippen LogP) is 4.11. The van der Waals surface area contributed by atoms with Crippen molar-refractivity contribution in [1.82, 2.24) is 4.90 Å². The largest absolute Gasteiger partial charge is 0.338 e. The lowest BCUT2D eigenvalue weighted by molar-refractivity contribution is -0.132. The molecule has 2 aromatic rings. The van der Waals surface area contributed by atoms with Gasteiger partial charge in [0.25, 0.3) is 0 Å². The normalized spacial score (nSPS) is 15.9. The highest BCUT2D eigenvalue weighted by Crippen LogP contribution is 2.23. The quantitative estimate of drug-likeness (QED) is 0.781. The smallest absolute Gasteiger partial charge is 0.223 e. The van der Waals surface area contributed by atoms with Gasteiger partial charge in [-0.2, -0.15) is 0 Å². The zero-order chi connectivity index (χ0) is 17.9. The molecule has 0 unspecified atom stereocenters. The third-order valence-corrected chi connectivity index (χ3v) is 5.72. The van der Waals surface area contributed by atoms with Gasteiger partial charge in [-0.3, -0.25) is 9.59 Å². The van der Waals surface area contributed by atoms with E-state index >= 15 is 0 Å². The van der Waals surface area contributed by atoms with Crippen molar-refractivity contribution in [3.63, 3.8) is 0 Å². The van der Waals surface area contributed by atoms with Gasteiger partial charge in [0, 0.05) is 31.5 Å². The molecule has 3 nitrogen and oxygen atoms in total. The van der Waals surface area contributed by atoms with Gasteiger partial charge in [-0.05, 0) is 60.4 Å². The van der Waals surface area contributed by atoms with E-state index < -0.39 is 0 Å². The number of Topliss-reactive ketones (excluding diaryl/α,β-unsaturated/α-hetero) is 1. The summed E-state index contributed by atoms with van der Waals surface area (Å²) in [6, 6.07) is 14.4. The maximum Gasteiger partial charge on any atom is 0.223 e. The van der Waals surface area contributed by atoms with Gasteiger partial charge < -0.3 is 4.90 Å². The summed E-state index contributed by atoms with van der Waals surface area (Å²) in [6.45, 7) is 1.42. The number of rotatable bonds is 4. The van der Waals surface area contributed by atoms with E-state index in [1.54, 1.807) is 0 Å². The SMILES string of the molecule is O=C(CCC(=O)N1CCc2ccccc2C1)c1ccc2c(c1)CCCC2. The van der Waals surface area contributed by atoms with Crippen LogP contribution in [-0.2, 0) is 30.6 Å². The Labute approximate surface area is 155 Å². The van der Waals surface area contributed by atoms with Crippen molar-refractivity contribution in [3.8, 4) is 0 Å². The van der Waals surface area contributed by atoms with Crippen LogP contribution >= 0.6 is 0 Å². The second-order valence-electron chi connectivity index (χ2n) is 7.45. The number of carbonyl (C=O) groups excluding carboxylic acids is 2. The maximum atomic E-state index is 12.6. The van der Waals surface area contributed by atoms with Crippen LogP contribution in [0.15, 0.2) is 42.5 Å². The summed E-state index contributed by atoms with van der Waals surface area (Å²) in [6.07, 6.45) is 6.16. The summed E-state index contributed by atoms with van der Waals surface area (Å²) in [5.41, 5.74) is 6.04. The van der Waals surface area contributed by atoms with Crippen LogP contribution in [0, 0.1) is 0 Å². The van der Waals surface area contributed by atoms with Crippen LogP contribution in [0.25, 0.3) is 0 Å². The molecule has 0 fully saturated rings. The molecule has 134 valence electrons. The summed E-state index contributed by atoms with van der Waals surface area (Å²) < 4.78 is 0. The molecule has 0 atom stereocenters. The van der Waals surface area contributed by atoms with Gasteiger partial charge in [0.05, 0.1) is 0 Å².